The van der Waals surface area contributed by atoms with Gasteiger partial charge in [-0.05, 0) is 37.3 Å². The van der Waals surface area contributed by atoms with Crippen LogP contribution in [0.5, 0.6) is 0 Å². The SMILES string of the molecule is CC(=O)c1ccc(N2CCN(C(=O)C3CN(c4cc(-n5cccn5)ncn4)C3)CC2)cc1. The van der Waals surface area contributed by atoms with E-state index >= 15 is 0 Å². The zero-order chi connectivity index (χ0) is 22.1. The highest BCUT2D eigenvalue weighted by molar-refractivity contribution is 5.94. The second-order valence-electron chi connectivity index (χ2n) is 8.20. The first-order chi connectivity index (χ1) is 15.6. The third-order valence-corrected chi connectivity index (χ3v) is 6.16. The lowest BCUT2D eigenvalue weighted by molar-refractivity contribution is -0.136. The van der Waals surface area contributed by atoms with Gasteiger partial charge in [-0.3, -0.25) is 9.59 Å². The van der Waals surface area contributed by atoms with Crippen molar-refractivity contribution in [1.82, 2.24) is 24.6 Å². The van der Waals surface area contributed by atoms with Crippen LogP contribution in [0.25, 0.3) is 5.82 Å². The van der Waals surface area contributed by atoms with E-state index in [0.29, 0.717) is 32.0 Å². The number of nitrogens with zero attached hydrogens (tertiary/aromatic N) is 7. The molecule has 2 aliphatic rings. The zero-order valence-electron chi connectivity index (χ0n) is 18.0. The van der Waals surface area contributed by atoms with Gasteiger partial charge in [-0.1, -0.05) is 0 Å². The van der Waals surface area contributed by atoms with Gasteiger partial charge in [0.15, 0.2) is 11.6 Å². The van der Waals surface area contributed by atoms with E-state index in [1.165, 1.54) is 6.33 Å². The predicted octanol–water partition coefficient (Wildman–Crippen LogP) is 1.65. The Kier molecular flexibility index (Phi) is 5.30. The Morgan fingerprint density at radius 1 is 0.938 bits per heavy atom. The molecule has 2 fully saturated rings. The molecule has 0 atom stereocenters. The maximum Gasteiger partial charge on any atom is 0.229 e. The number of benzene rings is 1. The van der Waals surface area contributed by atoms with Gasteiger partial charge < -0.3 is 14.7 Å². The van der Waals surface area contributed by atoms with E-state index in [9.17, 15) is 9.59 Å². The Balaban J connectivity index is 1.14. The molecule has 0 bridgehead atoms. The Labute approximate surface area is 186 Å². The largest absolute Gasteiger partial charge is 0.368 e. The summed E-state index contributed by atoms with van der Waals surface area (Å²) in [5.41, 5.74) is 1.81. The van der Waals surface area contributed by atoms with Crippen LogP contribution in [-0.2, 0) is 4.79 Å². The molecule has 1 aromatic carbocycles. The number of ketones is 1. The minimum Gasteiger partial charge on any atom is -0.368 e. The first kappa shape index (κ1) is 20.2. The number of hydrogen-bond acceptors (Lipinski definition) is 7. The van der Waals surface area contributed by atoms with Gasteiger partial charge in [0, 0.05) is 69.0 Å². The van der Waals surface area contributed by atoms with Crippen molar-refractivity contribution in [2.24, 2.45) is 5.92 Å². The molecular weight excluding hydrogens is 406 g/mol. The summed E-state index contributed by atoms with van der Waals surface area (Å²) >= 11 is 0. The Hall–Kier alpha value is -3.75. The van der Waals surface area contributed by atoms with Gasteiger partial charge in [0.25, 0.3) is 0 Å². The fourth-order valence-corrected chi connectivity index (χ4v) is 4.21. The number of hydrogen-bond donors (Lipinski definition) is 0. The summed E-state index contributed by atoms with van der Waals surface area (Å²) in [6.07, 6.45) is 5.08. The number of amides is 1. The van der Waals surface area contributed by atoms with Crippen molar-refractivity contribution >= 4 is 23.2 Å². The number of rotatable bonds is 5. The summed E-state index contributed by atoms with van der Waals surface area (Å²) in [5.74, 6) is 1.81. The van der Waals surface area contributed by atoms with Gasteiger partial charge in [-0.2, -0.15) is 5.10 Å². The molecule has 0 saturated carbocycles. The highest BCUT2D eigenvalue weighted by Gasteiger charge is 2.37. The Morgan fingerprint density at radius 2 is 1.66 bits per heavy atom. The molecule has 9 heteroatoms. The number of anilines is 2. The number of carbonyl (C=O) groups excluding carboxylic acids is 2. The van der Waals surface area contributed by atoms with Crippen LogP contribution in [-0.4, -0.2) is 75.6 Å². The van der Waals surface area contributed by atoms with Crippen LogP contribution in [0.15, 0.2) is 55.1 Å². The maximum atomic E-state index is 13.0. The van der Waals surface area contributed by atoms with Crippen LogP contribution in [0.4, 0.5) is 11.5 Å². The van der Waals surface area contributed by atoms with Gasteiger partial charge >= 0.3 is 0 Å². The van der Waals surface area contributed by atoms with E-state index in [1.54, 1.807) is 17.8 Å². The molecule has 1 amide bonds. The lowest BCUT2D eigenvalue weighted by Crippen LogP contribution is -2.58. The third-order valence-electron chi connectivity index (χ3n) is 6.16. The minimum absolute atomic E-state index is 0.000446. The first-order valence-corrected chi connectivity index (χ1v) is 10.8. The first-order valence-electron chi connectivity index (χ1n) is 10.8. The van der Waals surface area contributed by atoms with E-state index in [1.807, 2.05) is 47.5 Å². The van der Waals surface area contributed by atoms with Crippen molar-refractivity contribution in [3.8, 4) is 5.82 Å². The molecule has 9 nitrogen and oxygen atoms in total. The van der Waals surface area contributed by atoms with Crippen LogP contribution >= 0.6 is 0 Å². The molecule has 0 spiro atoms. The van der Waals surface area contributed by atoms with Crippen LogP contribution in [0.3, 0.4) is 0 Å². The molecule has 3 aromatic rings. The van der Waals surface area contributed by atoms with Gasteiger partial charge in [-0.15, -0.1) is 0 Å². The van der Waals surface area contributed by atoms with Crippen molar-refractivity contribution in [1.29, 1.82) is 0 Å². The molecule has 0 radical (unpaired) electrons. The second-order valence-corrected chi connectivity index (χ2v) is 8.20. The van der Waals surface area contributed by atoms with Crippen molar-refractivity contribution in [3.05, 3.63) is 60.7 Å². The number of aromatic nitrogens is 4. The van der Waals surface area contributed by atoms with Crippen LogP contribution in [0, 0.1) is 5.92 Å². The summed E-state index contributed by atoms with van der Waals surface area (Å²) in [5, 5.41) is 4.20. The number of Topliss-reactive ketones (excluding diaryl/α,β-unsaturated/α-hetero) is 1. The Morgan fingerprint density at radius 3 is 2.31 bits per heavy atom. The maximum absolute atomic E-state index is 13.0. The normalized spacial score (nSPS) is 16.7. The zero-order valence-corrected chi connectivity index (χ0v) is 18.0. The summed E-state index contributed by atoms with van der Waals surface area (Å²) < 4.78 is 1.70. The van der Waals surface area contributed by atoms with Gasteiger partial charge in [-0.25, -0.2) is 14.6 Å². The second kappa shape index (κ2) is 8.41. The lowest BCUT2D eigenvalue weighted by Gasteiger charge is -2.43. The molecule has 4 heterocycles. The van der Waals surface area contributed by atoms with E-state index in [2.05, 4.69) is 24.9 Å². The van der Waals surface area contributed by atoms with Gasteiger partial charge in [0.05, 0.1) is 5.92 Å². The highest BCUT2D eigenvalue weighted by atomic mass is 16.2. The smallest absolute Gasteiger partial charge is 0.229 e. The fraction of sp³-hybridized carbons (Fsp3) is 0.348. The van der Waals surface area contributed by atoms with Crippen molar-refractivity contribution < 1.29 is 9.59 Å². The van der Waals surface area contributed by atoms with Crippen LogP contribution in [0.1, 0.15) is 17.3 Å². The highest BCUT2D eigenvalue weighted by Crippen LogP contribution is 2.26. The molecular formula is C23H25N7O2. The molecule has 5 rings (SSSR count). The summed E-state index contributed by atoms with van der Waals surface area (Å²) in [4.78, 5) is 39.4. The molecule has 0 aliphatic carbocycles. The quantitative estimate of drug-likeness (QED) is 0.568. The molecule has 2 aliphatic heterocycles. The van der Waals surface area contributed by atoms with Gasteiger partial charge in [0.2, 0.25) is 5.91 Å². The van der Waals surface area contributed by atoms with E-state index in [-0.39, 0.29) is 17.6 Å². The molecule has 32 heavy (non-hydrogen) atoms. The van der Waals surface area contributed by atoms with E-state index in [0.717, 1.165) is 30.2 Å². The monoisotopic (exact) mass is 431 g/mol. The Bertz CT molecular complexity index is 1100. The number of carbonyl (C=O) groups is 2. The standard InChI is InChI=1S/C23H25N7O2/c1-17(31)18-3-5-20(6-4-18)27-9-11-28(12-10-27)23(32)19-14-29(15-19)21-13-22(25-16-24-21)30-8-2-7-26-30/h2-8,13,16,19H,9-12,14-15H2,1H3. The lowest BCUT2D eigenvalue weighted by atomic mass is 9.98. The third kappa shape index (κ3) is 3.93. The van der Waals surface area contributed by atoms with E-state index < -0.39 is 0 Å². The average Bonchev–Trinajstić information content (AvgIpc) is 3.34. The van der Waals surface area contributed by atoms with Crippen LogP contribution < -0.4 is 9.80 Å². The van der Waals surface area contributed by atoms with Crippen molar-refractivity contribution in [3.63, 3.8) is 0 Å². The molecule has 2 saturated heterocycles. The molecule has 0 unspecified atom stereocenters. The number of piperazine rings is 1. The molecule has 164 valence electrons. The van der Waals surface area contributed by atoms with Gasteiger partial charge in [0.1, 0.15) is 12.1 Å². The molecule has 2 aromatic heterocycles. The fourth-order valence-electron chi connectivity index (χ4n) is 4.21. The molecule has 0 N–H and O–H groups in total. The van der Waals surface area contributed by atoms with E-state index in [4.69, 9.17) is 0 Å². The summed E-state index contributed by atoms with van der Waals surface area (Å²) in [6, 6.07) is 11.4. The van der Waals surface area contributed by atoms with Crippen molar-refractivity contribution in [2.75, 3.05) is 49.1 Å². The topological polar surface area (TPSA) is 87.5 Å². The minimum atomic E-state index is -0.000446. The summed E-state index contributed by atoms with van der Waals surface area (Å²) in [7, 11) is 0. The van der Waals surface area contributed by atoms with Crippen molar-refractivity contribution in [2.45, 2.75) is 6.92 Å². The predicted molar refractivity (Wildman–Crippen MR) is 120 cm³/mol. The summed E-state index contributed by atoms with van der Waals surface area (Å²) in [6.45, 7) is 5.91. The average molecular weight is 432 g/mol. The van der Waals surface area contributed by atoms with Crippen LogP contribution in [0.2, 0.25) is 0 Å².